The number of likely N-dealkylation sites (N-methyl/N-ethyl adjacent to an activating group) is 1. The third kappa shape index (κ3) is 7.55. The van der Waals surface area contributed by atoms with Crippen LogP contribution in [0.3, 0.4) is 0 Å². The Bertz CT molecular complexity index is 914. The maximum absolute atomic E-state index is 12.6. The minimum absolute atomic E-state index is 0.00666. The number of carbonyl (C=O) groups excluding carboxylic acids is 2. The van der Waals surface area contributed by atoms with Gasteiger partial charge in [0.15, 0.2) is 5.78 Å². The van der Waals surface area contributed by atoms with E-state index in [2.05, 4.69) is 29.2 Å². The fraction of sp³-hybridized carbons (Fsp3) is 0.462. The highest BCUT2D eigenvalue weighted by Gasteiger charge is 2.19. The number of aliphatic hydroxyl groups excluding tert-OH is 1. The fourth-order valence-corrected chi connectivity index (χ4v) is 4.08. The predicted molar refractivity (Wildman–Crippen MR) is 125 cm³/mol. The van der Waals surface area contributed by atoms with Gasteiger partial charge in [-0.2, -0.15) is 0 Å². The van der Waals surface area contributed by atoms with Gasteiger partial charge in [-0.05, 0) is 50.1 Å². The van der Waals surface area contributed by atoms with Crippen molar-refractivity contribution in [1.29, 1.82) is 0 Å². The molecule has 2 aromatic carbocycles. The van der Waals surface area contributed by atoms with Crippen LogP contribution in [0.4, 0.5) is 0 Å². The summed E-state index contributed by atoms with van der Waals surface area (Å²) >= 11 is 0. The number of Topliss-reactive ketones (excluding diaryl/α,β-unsaturated/α-hetero) is 2. The molecule has 1 heterocycles. The van der Waals surface area contributed by atoms with Gasteiger partial charge in [0, 0.05) is 38.2 Å². The van der Waals surface area contributed by atoms with Crippen LogP contribution in [0.2, 0.25) is 0 Å². The summed E-state index contributed by atoms with van der Waals surface area (Å²) in [5.74, 6) is 0.763. The summed E-state index contributed by atoms with van der Waals surface area (Å²) in [7, 11) is 1.87. The maximum atomic E-state index is 12.6. The van der Waals surface area contributed by atoms with Crippen LogP contribution in [-0.4, -0.2) is 72.4 Å². The first-order chi connectivity index (χ1) is 15.4. The van der Waals surface area contributed by atoms with Crippen LogP contribution in [0, 0.1) is 0 Å². The maximum Gasteiger partial charge on any atom is 0.163 e. The van der Waals surface area contributed by atoms with Gasteiger partial charge in [0.1, 0.15) is 18.1 Å². The number of benzene rings is 2. The van der Waals surface area contributed by atoms with E-state index >= 15 is 0 Å². The molecule has 0 saturated carbocycles. The number of hydrogen-bond donors (Lipinski definition) is 1. The van der Waals surface area contributed by atoms with E-state index in [1.165, 1.54) is 11.1 Å². The van der Waals surface area contributed by atoms with Gasteiger partial charge in [0.05, 0.1) is 12.6 Å². The molecule has 1 atom stereocenters. The van der Waals surface area contributed by atoms with Gasteiger partial charge in [-0.3, -0.25) is 19.4 Å². The first kappa shape index (κ1) is 24.1. The zero-order valence-corrected chi connectivity index (χ0v) is 19.1. The largest absolute Gasteiger partial charge is 0.492 e. The molecule has 3 rings (SSSR count). The lowest BCUT2D eigenvalue weighted by Crippen LogP contribution is -2.36. The quantitative estimate of drug-likeness (QED) is 0.514. The van der Waals surface area contributed by atoms with E-state index < -0.39 is 6.10 Å². The number of ketones is 2. The van der Waals surface area contributed by atoms with Crippen molar-refractivity contribution in [3.63, 3.8) is 0 Å². The van der Waals surface area contributed by atoms with E-state index in [1.807, 2.05) is 24.1 Å². The summed E-state index contributed by atoms with van der Waals surface area (Å²) in [6.45, 7) is 5.40. The first-order valence-electron chi connectivity index (χ1n) is 11.3. The van der Waals surface area contributed by atoms with E-state index in [0.717, 1.165) is 19.5 Å². The Balaban J connectivity index is 1.41. The summed E-state index contributed by atoms with van der Waals surface area (Å²) in [4.78, 5) is 27.9. The molecule has 6 nitrogen and oxygen atoms in total. The molecule has 2 aromatic rings. The average Bonchev–Trinajstić information content (AvgIpc) is 2.77. The molecule has 0 fully saturated rings. The first-order valence-corrected chi connectivity index (χ1v) is 11.3. The van der Waals surface area contributed by atoms with E-state index in [9.17, 15) is 14.7 Å². The lowest BCUT2D eigenvalue weighted by Gasteiger charge is -2.30. The molecule has 32 heavy (non-hydrogen) atoms. The number of hydrogen-bond acceptors (Lipinski definition) is 6. The second-order valence-electron chi connectivity index (χ2n) is 8.69. The molecule has 6 heteroatoms. The summed E-state index contributed by atoms with van der Waals surface area (Å²) < 4.78 is 5.74. The molecule has 0 aromatic heterocycles. The van der Waals surface area contributed by atoms with E-state index in [-0.39, 0.29) is 11.6 Å². The van der Waals surface area contributed by atoms with Gasteiger partial charge in [-0.25, -0.2) is 0 Å². The van der Waals surface area contributed by atoms with Gasteiger partial charge in [0.25, 0.3) is 0 Å². The van der Waals surface area contributed by atoms with Gasteiger partial charge >= 0.3 is 0 Å². The molecule has 1 aliphatic heterocycles. The van der Waals surface area contributed by atoms with Crippen LogP contribution in [0.25, 0.3) is 0 Å². The minimum Gasteiger partial charge on any atom is -0.492 e. The van der Waals surface area contributed by atoms with E-state index in [0.29, 0.717) is 50.4 Å². The second kappa shape index (κ2) is 11.9. The summed E-state index contributed by atoms with van der Waals surface area (Å²) in [6.07, 6.45) is 1.22. The van der Waals surface area contributed by atoms with Crippen molar-refractivity contribution in [2.24, 2.45) is 0 Å². The second-order valence-corrected chi connectivity index (χ2v) is 8.69. The molecule has 1 aliphatic rings. The Morgan fingerprint density at radius 3 is 2.72 bits per heavy atom. The Morgan fingerprint density at radius 2 is 1.94 bits per heavy atom. The number of nitrogens with zero attached hydrogens (tertiary/aromatic N) is 2. The van der Waals surface area contributed by atoms with Crippen molar-refractivity contribution in [2.45, 2.75) is 38.8 Å². The molecular weight excluding hydrogens is 404 g/mol. The van der Waals surface area contributed by atoms with Crippen LogP contribution in [0.1, 0.15) is 41.3 Å². The van der Waals surface area contributed by atoms with Crippen molar-refractivity contribution in [1.82, 2.24) is 9.80 Å². The van der Waals surface area contributed by atoms with Crippen LogP contribution < -0.4 is 4.74 Å². The van der Waals surface area contributed by atoms with Crippen LogP contribution in [0.5, 0.6) is 5.75 Å². The van der Waals surface area contributed by atoms with Crippen LogP contribution in [0.15, 0.2) is 48.5 Å². The third-order valence-electron chi connectivity index (χ3n) is 5.77. The zero-order chi connectivity index (χ0) is 22.9. The molecule has 0 aliphatic carbocycles. The topological polar surface area (TPSA) is 70.1 Å². The Morgan fingerprint density at radius 1 is 1.16 bits per heavy atom. The van der Waals surface area contributed by atoms with Crippen molar-refractivity contribution in [3.05, 3.63) is 65.2 Å². The molecule has 1 N–H and O–H groups in total. The third-order valence-corrected chi connectivity index (χ3v) is 5.77. The normalized spacial score (nSPS) is 14.8. The lowest BCUT2D eigenvalue weighted by molar-refractivity contribution is -0.117. The van der Waals surface area contributed by atoms with Crippen LogP contribution in [-0.2, 0) is 17.8 Å². The van der Waals surface area contributed by atoms with Gasteiger partial charge in [-0.15, -0.1) is 0 Å². The molecule has 1 unspecified atom stereocenters. The van der Waals surface area contributed by atoms with Crippen molar-refractivity contribution in [2.75, 3.05) is 39.8 Å². The zero-order valence-electron chi connectivity index (χ0n) is 19.1. The summed E-state index contributed by atoms with van der Waals surface area (Å²) in [5.41, 5.74) is 3.31. The predicted octanol–water partition coefficient (Wildman–Crippen LogP) is 2.97. The molecule has 0 spiro atoms. The molecule has 172 valence electrons. The SMILES string of the molecule is CC(=O)CN(C)CCOc1cccc(C(=O)CCC(O)CN2CCc3ccccc3C2)c1. The lowest BCUT2D eigenvalue weighted by atomic mass is 9.99. The standard InChI is InChI=1S/C26H34N2O4/c1-20(29)17-27(2)14-15-32-25-9-5-8-22(16-25)26(31)11-10-24(30)19-28-13-12-21-6-3-4-7-23(21)18-28/h3-9,16,24,30H,10-15,17-19H2,1-2H3. The number of rotatable bonds is 12. The van der Waals surface area contributed by atoms with E-state index in [1.54, 1.807) is 19.1 Å². The molecule has 0 bridgehead atoms. The smallest absolute Gasteiger partial charge is 0.163 e. The highest BCUT2D eigenvalue weighted by atomic mass is 16.5. The van der Waals surface area contributed by atoms with Crippen molar-refractivity contribution < 1.29 is 19.4 Å². The molecule has 0 radical (unpaired) electrons. The monoisotopic (exact) mass is 438 g/mol. The Kier molecular flexibility index (Phi) is 8.97. The summed E-state index contributed by atoms with van der Waals surface area (Å²) in [5, 5.41) is 10.5. The number of carbonyl (C=O) groups is 2. The Labute approximate surface area is 190 Å². The molecule has 0 amide bonds. The highest BCUT2D eigenvalue weighted by molar-refractivity contribution is 5.96. The van der Waals surface area contributed by atoms with Crippen LogP contribution >= 0.6 is 0 Å². The molecular formula is C26H34N2O4. The van der Waals surface area contributed by atoms with Gasteiger partial charge in [-0.1, -0.05) is 36.4 Å². The average molecular weight is 439 g/mol. The Hall–Kier alpha value is -2.54. The number of aliphatic hydroxyl groups is 1. The van der Waals surface area contributed by atoms with Crippen molar-refractivity contribution >= 4 is 11.6 Å². The van der Waals surface area contributed by atoms with Gasteiger partial charge < -0.3 is 9.84 Å². The minimum atomic E-state index is -0.527. The highest BCUT2D eigenvalue weighted by Crippen LogP contribution is 2.20. The van der Waals surface area contributed by atoms with E-state index in [4.69, 9.17) is 4.74 Å². The number of β-amino-alcohol motifs (C(OH)–C–C–N with tert-alkyl or cyclic N) is 1. The number of ether oxygens (including phenoxy) is 1. The van der Waals surface area contributed by atoms with Gasteiger partial charge in [0.2, 0.25) is 0 Å². The number of fused-ring (bicyclic) bond motifs is 1. The summed E-state index contributed by atoms with van der Waals surface area (Å²) in [6, 6.07) is 15.6. The molecule has 0 saturated heterocycles. The fourth-order valence-electron chi connectivity index (χ4n) is 4.08. The van der Waals surface area contributed by atoms with Crippen molar-refractivity contribution in [3.8, 4) is 5.75 Å².